The lowest BCUT2D eigenvalue weighted by Gasteiger charge is -2.15. The highest BCUT2D eigenvalue weighted by molar-refractivity contribution is 7.14. The molecule has 3 aromatic rings. The van der Waals surface area contributed by atoms with E-state index in [1.165, 1.54) is 17.4 Å². The van der Waals surface area contributed by atoms with E-state index in [9.17, 15) is 4.79 Å². The number of methoxy groups -OCH3 is 1. The van der Waals surface area contributed by atoms with E-state index in [1.54, 1.807) is 32.5 Å². The number of aldehydes is 1. The Morgan fingerprint density at radius 3 is 2.49 bits per heavy atom. The molecular formula is C28H32FN3O2S. The standard InChI is InChI=1S/C28H32FN3O2S/c1-7-18(14-30-5)24-11-21(13-27(32-24)34-6)19-8-9-20(23(29)10-19)15-31-16-22-12-26(28(2,3)4)35-25(22)17-33/h7-14,17,31H,15-16H2,1-6H3/b18-7+,30-14?. The number of halogens is 1. The van der Waals surface area contributed by atoms with Crippen LogP contribution >= 0.6 is 11.3 Å². The first-order chi connectivity index (χ1) is 16.7. The molecule has 1 N–H and O–H groups in total. The summed E-state index contributed by atoms with van der Waals surface area (Å²) in [4.78, 5) is 21.9. The van der Waals surface area contributed by atoms with Gasteiger partial charge in [-0.15, -0.1) is 11.3 Å². The molecule has 3 rings (SSSR count). The van der Waals surface area contributed by atoms with Crippen molar-refractivity contribution in [3.63, 3.8) is 0 Å². The van der Waals surface area contributed by atoms with Crippen LogP contribution < -0.4 is 10.1 Å². The minimum atomic E-state index is -0.301. The van der Waals surface area contributed by atoms with Gasteiger partial charge in [0.05, 0.1) is 17.7 Å². The van der Waals surface area contributed by atoms with Crippen LogP contribution in [0.1, 0.15) is 59.1 Å². The maximum atomic E-state index is 15.0. The van der Waals surface area contributed by atoms with Crippen LogP contribution in [-0.2, 0) is 18.5 Å². The zero-order valence-electron chi connectivity index (χ0n) is 21.1. The molecule has 2 aromatic heterocycles. The highest BCUT2D eigenvalue weighted by Crippen LogP contribution is 2.32. The summed E-state index contributed by atoms with van der Waals surface area (Å²) in [7, 11) is 3.26. The Labute approximate surface area is 210 Å². The average molecular weight is 494 g/mol. The van der Waals surface area contributed by atoms with Gasteiger partial charge in [-0.05, 0) is 47.2 Å². The molecule has 0 aliphatic heterocycles. The van der Waals surface area contributed by atoms with Crippen LogP contribution in [0, 0.1) is 5.82 Å². The number of ether oxygens (including phenoxy) is 1. The third-order valence-corrected chi connectivity index (χ3v) is 7.12. The quantitative estimate of drug-likeness (QED) is 0.274. The van der Waals surface area contributed by atoms with Gasteiger partial charge in [0.15, 0.2) is 6.29 Å². The van der Waals surface area contributed by atoms with Gasteiger partial charge in [0.25, 0.3) is 0 Å². The van der Waals surface area contributed by atoms with Gasteiger partial charge in [-0.1, -0.05) is 39.0 Å². The molecule has 0 amide bonds. The Morgan fingerprint density at radius 1 is 1.14 bits per heavy atom. The first kappa shape index (κ1) is 26.4. The summed E-state index contributed by atoms with van der Waals surface area (Å²) in [5, 5.41) is 3.28. The Balaban J connectivity index is 1.79. The van der Waals surface area contributed by atoms with Crippen molar-refractivity contribution in [1.82, 2.24) is 10.3 Å². The highest BCUT2D eigenvalue weighted by Gasteiger charge is 2.19. The van der Waals surface area contributed by atoms with Crippen LogP contribution in [0.15, 0.2) is 47.5 Å². The van der Waals surface area contributed by atoms with Crippen molar-refractivity contribution >= 4 is 29.4 Å². The van der Waals surface area contributed by atoms with Gasteiger partial charge in [0, 0.05) is 48.4 Å². The molecule has 0 bridgehead atoms. The molecule has 0 spiro atoms. The topological polar surface area (TPSA) is 63.6 Å². The molecule has 35 heavy (non-hydrogen) atoms. The molecule has 184 valence electrons. The third-order valence-electron chi connectivity index (χ3n) is 5.59. The fourth-order valence-electron chi connectivity index (χ4n) is 3.60. The molecule has 0 saturated carbocycles. The molecule has 0 radical (unpaired) electrons. The zero-order chi connectivity index (χ0) is 25.6. The summed E-state index contributed by atoms with van der Waals surface area (Å²) in [6.45, 7) is 9.14. The number of benzene rings is 1. The Hall–Kier alpha value is -3.16. The number of rotatable bonds is 9. The van der Waals surface area contributed by atoms with Gasteiger partial charge >= 0.3 is 0 Å². The van der Waals surface area contributed by atoms with Crippen LogP contribution in [-0.4, -0.2) is 31.6 Å². The molecule has 1 aromatic carbocycles. The summed E-state index contributed by atoms with van der Waals surface area (Å²) < 4.78 is 20.4. The van der Waals surface area contributed by atoms with Crippen molar-refractivity contribution in [3.8, 4) is 17.0 Å². The van der Waals surface area contributed by atoms with E-state index < -0.39 is 0 Å². The predicted octanol–water partition coefficient (Wildman–Crippen LogP) is 6.46. The lowest BCUT2D eigenvalue weighted by molar-refractivity contribution is 0.112. The number of allylic oxidation sites excluding steroid dienone is 2. The molecule has 0 aliphatic carbocycles. The molecule has 5 nitrogen and oxygen atoms in total. The minimum absolute atomic E-state index is 0.0187. The lowest BCUT2D eigenvalue weighted by atomic mass is 9.94. The molecule has 0 saturated heterocycles. The van der Waals surface area contributed by atoms with Gasteiger partial charge in [-0.3, -0.25) is 9.79 Å². The van der Waals surface area contributed by atoms with Crippen molar-refractivity contribution in [2.45, 2.75) is 46.2 Å². The van der Waals surface area contributed by atoms with Crippen LogP contribution in [0.3, 0.4) is 0 Å². The first-order valence-electron chi connectivity index (χ1n) is 11.4. The molecule has 0 fully saturated rings. The number of aliphatic imine (C=N–C) groups is 1. The van der Waals surface area contributed by atoms with E-state index >= 15 is 4.39 Å². The molecule has 0 atom stereocenters. The van der Waals surface area contributed by atoms with E-state index in [1.807, 2.05) is 25.1 Å². The van der Waals surface area contributed by atoms with Crippen LogP contribution in [0.2, 0.25) is 0 Å². The van der Waals surface area contributed by atoms with Gasteiger partial charge < -0.3 is 10.1 Å². The Kier molecular flexibility index (Phi) is 8.70. The number of nitrogens with zero attached hydrogens (tertiary/aromatic N) is 2. The van der Waals surface area contributed by atoms with Crippen molar-refractivity contribution in [1.29, 1.82) is 0 Å². The molecular weight excluding hydrogens is 461 g/mol. The maximum Gasteiger partial charge on any atom is 0.214 e. The van der Waals surface area contributed by atoms with Gasteiger partial charge in [0.1, 0.15) is 5.82 Å². The summed E-state index contributed by atoms with van der Waals surface area (Å²) in [5.74, 6) is 0.147. The summed E-state index contributed by atoms with van der Waals surface area (Å²) >= 11 is 1.52. The van der Waals surface area contributed by atoms with E-state index in [2.05, 4.69) is 42.1 Å². The lowest BCUT2D eigenvalue weighted by Crippen LogP contribution is -2.14. The Bertz CT molecular complexity index is 1260. The van der Waals surface area contributed by atoms with E-state index in [0.717, 1.165) is 33.4 Å². The smallest absolute Gasteiger partial charge is 0.214 e. The predicted molar refractivity (Wildman–Crippen MR) is 143 cm³/mol. The van der Waals surface area contributed by atoms with Crippen molar-refractivity contribution < 1.29 is 13.9 Å². The summed E-state index contributed by atoms with van der Waals surface area (Å²) in [5.41, 5.74) is 4.57. The fraction of sp³-hybridized carbons (Fsp3) is 0.321. The van der Waals surface area contributed by atoms with Gasteiger partial charge in [-0.2, -0.15) is 0 Å². The number of nitrogens with one attached hydrogen (secondary N) is 1. The van der Waals surface area contributed by atoms with Gasteiger partial charge in [-0.25, -0.2) is 9.37 Å². The normalized spacial score (nSPS) is 12.4. The van der Waals surface area contributed by atoms with E-state index in [-0.39, 0.29) is 11.2 Å². The number of carbonyl (C=O) groups is 1. The number of thiophene rings is 1. The van der Waals surface area contributed by atoms with Crippen LogP contribution in [0.5, 0.6) is 5.88 Å². The first-order valence-corrected chi connectivity index (χ1v) is 12.2. The molecule has 7 heteroatoms. The molecule has 0 aliphatic rings. The van der Waals surface area contributed by atoms with Crippen LogP contribution in [0.25, 0.3) is 16.7 Å². The second-order valence-corrected chi connectivity index (χ2v) is 10.3. The van der Waals surface area contributed by atoms with Crippen LogP contribution in [0.4, 0.5) is 4.39 Å². The number of aromatic nitrogens is 1. The van der Waals surface area contributed by atoms with E-state index in [0.29, 0.717) is 35.1 Å². The highest BCUT2D eigenvalue weighted by atomic mass is 32.1. The van der Waals surface area contributed by atoms with Crippen molar-refractivity contribution in [3.05, 3.63) is 74.9 Å². The second-order valence-electron chi connectivity index (χ2n) is 9.19. The van der Waals surface area contributed by atoms with Crippen molar-refractivity contribution in [2.75, 3.05) is 14.2 Å². The SMILES string of the molecule is C/C=C(\C=NC)c1cc(-c2ccc(CNCc3cc(C(C)(C)C)sc3C=O)c(F)c2)cc(OC)n1. The number of pyridine rings is 1. The fourth-order valence-corrected chi connectivity index (χ4v) is 4.66. The van der Waals surface area contributed by atoms with Gasteiger partial charge in [0.2, 0.25) is 5.88 Å². The second kappa shape index (κ2) is 11.5. The molecule has 2 heterocycles. The average Bonchev–Trinajstić information content (AvgIpc) is 3.27. The van der Waals surface area contributed by atoms with E-state index in [4.69, 9.17) is 4.74 Å². The number of hydrogen-bond donors (Lipinski definition) is 1. The number of hydrogen-bond acceptors (Lipinski definition) is 6. The maximum absolute atomic E-state index is 15.0. The Morgan fingerprint density at radius 2 is 1.89 bits per heavy atom. The summed E-state index contributed by atoms with van der Waals surface area (Å²) in [6, 6.07) is 11.0. The van der Waals surface area contributed by atoms with Crippen molar-refractivity contribution in [2.24, 2.45) is 4.99 Å². The number of carbonyl (C=O) groups excluding carboxylic acids is 1. The minimum Gasteiger partial charge on any atom is -0.481 e. The third kappa shape index (κ3) is 6.50. The monoisotopic (exact) mass is 493 g/mol. The zero-order valence-corrected chi connectivity index (χ0v) is 21.9. The molecule has 0 unspecified atom stereocenters. The summed E-state index contributed by atoms with van der Waals surface area (Å²) in [6.07, 6.45) is 4.55. The largest absolute Gasteiger partial charge is 0.481 e.